The summed E-state index contributed by atoms with van der Waals surface area (Å²) >= 11 is 0. The molecule has 0 radical (unpaired) electrons. The first-order valence-electron chi connectivity index (χ1n) is 10.3. The molecule has 1 spiro atoms. The summed E-state index contributed by atoms with van der Waals surface area (Å²) in [7, 11) is 0. The Bertz CT molecular complexity index is 875. The van der Waals surface area contributed by atoms with E-state index in [1.54, 1.807) is 4.90 Å². The second-order valence-corrected chi connectivity index (χ2v) is 10.3. The van der Waals surface area contributed by atoms with Gasteiger partial charge in [-0.1, -0.05) is 0 Å². The number of hydrogen-bond acceptors (Lipinski definition) is 6. The van der Waals surface area contributed by atoms with E-state index in [4.69, 9.17) is 14.5 Å². The van der Waals surface area contributed by atoms with Crippen molar-refractivity contribution in [3.63, 3.8) is 0 Å². The van der Waals surface area contributed by atoms with Crippen molar-refractivity contribution in [2.75, 3.05) is 31.1 Å². The highest BCUT2D eigenvalue weighted by Crippen LogP contribution is 2.42. The van der Waals surface area contributed by atoms with E-state index in [1.165, 1.54) is 0 Å². The molecule has 7 nitrogen and oxygen atoms in total. The predicted molar refractivity (Wildman–Crippen MR) is 109 cm³/mol. The minimum absolute atomic E-state index is 0.0730. The minimum Gasteiger partial charge on any atom is -0.444 e. The zero-order valence-corrected chi connectivity index (χ0v) is 18.0. The molecule has 0 bridgehead atoms. The van der Waals surface area contributed by atoms with Crippen LogP contribution in [0.4, 0.5) is 10.6 Å². The van der Waals surface area contributed by atoms with Crippen LogP contribution in [0.15, 0.2) is 6.07 Å². The molecule has 0 aliphatic carbocycles. The van der Waals surface area contributed by atoms with Crippen LogP contribution < -0.4 is 4.90 Å². The summed E-state index contributed by atoms with van der Waals surface area (Å²) < 4.78 is 11.4. The summed E-state index contributed by atoms with van der Waals surface area (Å²) in [5, 5.41) is 9.68. The molecule has 2 fully saturated rings. The lowest BCUT2D eigenvalue weighted by molar-refractivity contribution is -0.0412. The summed E-state index contributed by atoms with van der Waals surface area (Å²) in [6.07, 6.45) is 1.49. The highest BCUT2D eigenvalue weighted by molar-refractivity contribution is 5.70. The van der Waals surface area contributed by atoms with Gasteiger partial charge in [0.2, 0.25) is 0 Å². The molecule has 156 valence electrons. The van der Waals surface area contributed by atoms with E-state index in [-0.39, 0.29) is 17.1 Å². The van der Waals surface area contributed by atoms with E-state index in [9.17, 15) is 10.1 Å². The van der Waals surface area contributed by atoms with Crippen LogP contribution in [-0.4, -0.2) is 53.4 Å². The second kappa shape index (κ2) is 6.60. The van der Waals surface area contributed by atoms with Gasteiger partial charge in [-0.2, -0.15) is 5.26 Å². The molecule has 3 aliphatic heterocycles. The van der Waals surface area contributed by atoms with Crippen molar-refractivity contribution in [2.24, 2.45) is 5.41 Å². The number of hydrogen-bond donors (Lipinski definition) is 0. The van der Waals surface area contributed by atoms with Crippen LogP contribution in [0.1, 0.15) is 57.9 Å². The van der Waals surface area contributed by atoms with E-state index < -0.39 is 5.60 Å². The Morgan fingerprint density at radius 2 is 2.03 bits per heavy atom. The molecule has 1 amide bonds. The average Bonchev–Trinajstić information content (AvgIpc) is 3.02. The fourth-order valence-electron chi connectivity index (χ4n) is 4.50. The Kier molecular flexibility index (Phi) is 4.54. The SMILES string of the molecule is CC(C)(C)OC(=O)N1CC2(CCN(c3nc4c(cc3C#N)COC(C)(C)C4)C2)C1. The number of anilines is 1. The minimum atomic E-state index is -0.478. The van der Waals surface area contributed by atoms with Crippen LogP contribution in [0.5, 0.6) is 0 Å². The average molecular weight is 399 g/mol. The van der Waals surface area contributed by atoms with Gasteiger partial charge in [0, 0.05) is 43.6 Å². The van der Waals surface area contributed by atoms with E-state index >= 15 is 0 Å². The van der Waals surface area contributed by atoms with Gasteiger partial charge in [0.1, 0.15) is 17.5 Å². The molecule has 7 heteroatoms. The molecular formula is C22H30N4O3. The van der Waals surface area contributed by atoms with Gasteiger partial charge >= 0.3 is 6.09 Å². The molecule has 0 aromatic carbocycles. The largest absolute Gasteiger partial charge is 0.444 e. The number of likely N-dealkylation sites (tertiary alicyclic amines) is 1. The smallest absolute Gasteiger partial charge is 0.410 e. The third-order valence-electron chi connectivity index (χ3n) is 5.95. The molecule has 3 aliphatic rings. The Balaban J connectivity index is 1.48. The molecule has 2 saturated heterocycles. The number of nitrogens with zero attached hydrogens (tertiary/aromatic N) is 4. The Morgan fingerprint density at radius 3 is 2.69 bits per heavy atom. The van der Waals surface area contributed by atoms with Crippen molar-refractivity contribution < 1.29 is 14.3 Å². The van der Waals surface area contributed by atoms with E-state index in [0.29, 0.717) is 25.3 Å². The van der Waals surface area contributed by atoms with Gasteiger partial charge in [0.05, 0.1) is 23.5 Å². The van der Waals surface area contributed by atoms with Crippen molar-refractivity contribution in [1.29, 1.82) is 5.26 Å². The number of rotatable bonds is 1. The topological polar surface area (TPSA) is 78.7 Å². The van der Waals surface area contributed by atoms with Crippen molar-refractivity contribution in [1.82, 2.24) is 9.88 Å². The summed E-state index contributed by atoms with van der Waals surface area (Å²) in [4.78, 5) is 21.2. The van der Waals surface area contributed by atoms with Gasteiger partial charge in [0.25, 0.3) is 0 Å². The monoisotopic (exact) mass is 398 g/mol. The number of amides is 1. The highest BCUT2D eigenvalue weighted by atomic mass is 16.6. The van der Waals surface area contributed by atoms with Crippen molar-refractivity contribution in [3.8, 4) is 6.07 Å². The lowest BCUT2D eigenvalue weighted by atomic mass is 9.79. The van der Waals surface area contributed by atoms with Crippen LogP contribution in [-0.2, 0) is 22.5 Å². The predicted octanol–water partition coefficient (Wildman–Crippen LogP) is 3.25. The van der Waals surface area contributed by atoms with Gasteiger partial charge in [-0.25, -0.2) is 9.78 Å². The normalized spacial score (nSPS) is 22.1. The van der Waals surface area contributed by atoms with Crippen molar-refractivity contribution >= 4 is 11.9 Å². The molecule has 0 atom stereocenters. The van der Waals surface area contributed by atoms with Crippen LogP contribution in [0, 0.1) is 16.7 Å². The molecule has 4 heterocycles. The molecular weight excluding hydrogens is 368 g/mol. The molecule has 0 N–H and O–H groups in total. The number of nitriles is 1. The number of aromatic nitrogens is 1. The van der Waals surface area contributed by atoms with Crippen LogP contribution >= 0.6 is 0 Å². The summed E-state index contributed by atoms with van der Waals surface area (Å²) in [6, 6.07) is 4.25. The number of ether oxygens (including phenoxy) is 2. The fraction of sp³-hybridized carbons (Fsp3) is 0.682. The molecule has 1 aromatic heterocycles. The Labute approximate surface area is 172 Å². The first kappa shape index (κ1) is 20.0. The van der Waals surface area contributed by atoms with E-state index in [2.05, 4.69) is 24.8 Å². The maximum Gasteiger partial charge on any atom is 0.410 e. The maximum absolute atomic E-state index is 12.3. The van der Waals surface area contributed by atoms with Crippen LogP contribution in [0.3, 0.4) is 0 Å². The van der Waals surface area contributed by atoms with Gasteiger partial charge in [0.15, 0.2) is 0 Å². The second-order valence-electron chi connectivity index (χ2n) is 10.3. The van der Waals surface area contributed by atoms with Gasteiger partial charge in [-0.05, 0) is 47.1 Å². The first-order chi connectivity index (χ1) is 13.5. The number of carbonyl (C=O) groups is 1. The summed E-state index contributed by atoms with van der Waals surface area (Å²) in [6.45, 7) is 13.4. The van der Waals surface area contributed by atoms with Crippen molar-refractivity contribution in [3.05, 3.63) is 22.9 Å². The quantitative estimate of drug-likeness (QED) is 0.723. The molecule has 29 heavy (non-hydrogen) atoms. The third-order valence-corrected chi connectivity index (χ3v) is 5.95. The third kappa shape index (κ3) is 3.91. The van der Waals surface area contributed by atoms with Gasteiger partial charge in [-0.15, -0.1) is 0 Å². The van der Waals surface area contributed by atoms with Gasteiger partial charge < -0.3 is 19.3 Å². The van der Waals surface area contributed by atoms with Crippen LogP contribution in [0.25, 0.3) is 0 Å². The number of carbonyl (C=O) groups excluding carboxylic acids is 1. The molecule has 4 rings (SSSR count). The van der Waals surface area contributed by atoms with E-state index in [0.717, 1.165) is 43.0 Å². The standard InChI is InChI=1S/C22H30N4O3/c1-20(2,3)29-19(27)26-13-22(14-26)6-7-25(12-22)18-15(10-23)8-16-11-28-21(4,5)9-17(16)24-18/h8H,6-7,9,11-14H2,1-5H3. The number of fused-ring (bicyclic) bond motifs is 1. The first-order valence-corrected chi connectivity index (χ1v) is 10.3. The van der Waals surface area contributed by atoms with E-state index in [1.807, 2.05) is 26.8 Å². The summed E-state index contributed by atoms with van der Waals surface area (Å²) in [5.41, 5.74) is 2.00. The fourth-order valence-corrected chi connectivity index (χ4v) is 4.50. The van der Waals surface area contributed by atoms with Crippen LogP contribution in [0.2, 0.25) is 0 Å². The lowest BCUT2D eigenvalue weighted by Crippen LogP contribution is -2.60. The van der Waals surface area contributed by atoms with Gasteiger partial charge in [-0.3, -0.25) is 0 Å². The Morgan fingerprint density at radius 1 is 1.31 bits per heavy atom. The lowest BCUT2D eigenvalue weighted by Gasteiger charge is -2.47. The molecule has 0 unspecified atom stereocenters. The summed E-state index contributed by atoms with van der Waals surface area (Å²) in [5.74, 6) is 0.775. The van der Waals surface area contributed by atoms with Crippen molar-refractivity contribution in [2.45, 2.75) is 65.3 Å². The maximum atomic E-state index is 12.3. The number of pyridine rings is 1. The Hall–Kier alpha value is -2.33. The molecule has 0 saturated carbocycles. The molecule has 1 aromatic rings. The zero-order chi connectivity index (χ0) is 21.0. The highest BCUT2D eigenvalue weighted by Gasteiger charge is 2.51. The zero-order valence-electron chi connectivity index (χ0n) is 18.0.